The highest BCUT2D eigenvalue weighted by molar-refractivity contribution is 9.10. The van der Waals surface area contributed by atoms with Gasteiger partial charge in [0.1, 0.15) is 5.84 Å². The van der Waals surface area contributed by atoms with Crippen LogP contribution in [0.25, 0.3) is 0 Å². The number of rotatable bonds is 6. The Kier molecular flexibility index (Phi) is 6.02. The van der Waals surface area contributed by atoms with E-state index < -0.39 is 0 Å². The third-order valence-electron chi connectivity index (χ3n) is 2.83. The van der Waals surface area contributed by atoms with Crippen LogP contribution in [-0.2, 0) is 0 Å². The van der Waals surface area contributed by atoms with Gasteiger partial charge in [0.05, 0.1) is 0 Å². The van der Waals surface area contributed by atoms with E-state index in [1.165, 1.54) is 4.90 Å². The second kappa shape index (κ2) is 7.04. The highest BCUT2D eigenvalue weighted by Gasteiger charge is 2.22. The molecule has 0 bridgehead atoms. The number of nitrogens with zero attached hydrogens (tertiary/aromatic N) is 1. The number of oxime groups is 1. The van der Waals surface area contributed by atoms with E-state index in [2.05, 4.69) is 33.2 Å². The summed E-state index contributed by atoms with van der Waals surface area (Å²) in [6.07, 6.45) is 1.94. The molecule has 0 aliphatic heterocycles. The van der Waals surface area contributed by atoms with Crippen molar-refractivity contribution < 1.29 is 5.21 Å². The number of hydrogen-bond acceptors (Lipinski definition) is 3. The van der Waals surface area contributed by atoms with Gasteiger partial charge in [0, 0.05) is 14.8 Å². The van der Waals surface area contributed by atoms with Gasteiger partial charge in [-0.05, 0) is 42.9 Å². The van der Waals surface area contributed by atoms with Crippen molar-refractivity contribution in [3.63, 3.8) is 0 Å². The van der Waals surface area contributed by atoms with Gasteiger partial charge in [0.25, 0.3) is 0 Å². The number of amidine groups is 1. The maximum Gasteiger partial charge on any atom is 0.144 e. The van der Waals surface area contributed by atoms with E-state index in [1.54, 1.807) is 0 Å². The standard InChI is InChI=1S/C13H19BrN2OS/c1-13(2,12(15)16-17)8-3-9-18-11-6-4-10(14)5-7-11/h4-7,17H,3,8-9H2,1-2H3,(H2,15,16). The molecule has 0 heterocycles. The molecule has 0 aliphatic carbocycles. The molecule has 100 valence electrons. The van der Waals surface area contributed by atoms with Crippen LogP contribution in [0.15, 0.2) is 38.8 Å². The Balaban J connectivity index is 2.33. The minimum atomic E-state index is -0.241. The number of nitrogens with two attached hydrogens (primary N) is 1. The van der Waals surface area contributed by atoms with Crippen molar-refractivity contribution in [1.29, 1.82) is 0 Å². The summed E-state index contributed by atoms with van der Waals surface area (Å²) in [4.78, 5) is 1.26. The van der Waals surface area contributed by atoms with E-state index in [-0.39, 0.29) is 5.41 Å². The molecule has 0 fully saturated rings. The maximum absolute atomic E-state index is 8.68. The lowest BCUT2D eigenvalue weighted by Crippen LogP contribution is -2.31. The molecule has 3 N–H and O–H groups in total. The third-order valence-corrected chi connectivity index (χ3v) is 4.46. The van der Waals surface area contributed by atoms with Gasteiger partial charge in [-0.15, -0.1) is 11.8 Å². The van der Waals surface area contributed by atoms with Gasteiger partial charge in [-0.3, -0.25) is 0 Å². The first-order chi connectivity index (χ1) is 8.45. The van der Waals surface area contributed by atoms with E-state index >= 15 is 0 Å². The average Bonchev–Trinajstić information content (AvgIpc) is 2.35. The van der Waals surface area contributed by atoms with Crippen LogP contribution in [0.2, 0.25) is 0 Å². The van der Waals surface area contributed by atoms with Crippen LogP contribution in [-0.4, -0.2) is 16.8 Å². The zero-order valence-electron chi connectivity index (χ0n) is 10.7. The first-order valence-corrected chi connectivity index (χ1v) is 7.60. The molecule has 0 saturated heterocycles. The number of thioether (sulfide) groups is 1. The van der Waals surface area contributed by atoms with Crippen LogP contribution in [0.5, 0.6) is 0 Å². The number of halogens is 1. The normalized spacial score (nSPS) is 12.7. The fourth-order valence-electron chi connectivity index (χ4n) is 1.50. The molecule has 0 aliphatic rings. The van der Waals surface area contributed by atoms with Crippen LogP contribution < -0.4 is 5.73 Å². The van der Waals surface area contributed by atoms with Crippen LogP contribution in [0.1, 0.15) is 26.7 Å². The summed E-state index contributed by atoms with van der Waals surface area (Å²) >= 11 is 5.24. The summed E-state index contributed by atoms with van der Waals surface area (Å²) in [7, 11) is 0. The lowest BCUT2D eigenvalue weighted by atomic mass is 9.87. The molecule has 0 radical (unpaired) electrons. The molecule has 1 rings (SSSR count). The molecule has 0 unspecified atom stereocenters. The monoisotopic (exact) mass is 330 g/mol. The molecule has 1 aromatic rings. The topological polar surface area (TPSA) is 58.6 Å². The smallest absolute Gasteiger partial charge is 0.144 e. The van der Waals surface area contributed by atoms with Gasteiger partial charge in [-0.25, -0.2) is 0 Å². The second-order valence-electron chi connectivity index (χ2n) is 4.78. The minimum Gasteiger partial charge on any atom is -0.409 e. The Morgan fingerprint density at radius 2 is 2.00 bits per heavy atom. The first kappa shape index (κ1) is 15.4. The van der Waals surface area contributed by atoms with Crippen molar-refractivity contribution in [2.24, 2.45) is 16.3 Å². The number of benzene rings is 1. The van der Waals surface area contributed by atoms with Crippen LogP contribution >= 0.6 is 27.7 Å². The molecule has 18 heavy (non-hydrogen) atoms. The van der Waals surface area contributed by atoms with Crippen molar-refractivity contribution >= 4 is 33.5 Å². The van der Waals surface area contributed by atoms with Gasteiger partial charge in [-0.2, -0.15) is 0 Å². The van der Waals surface area contributed by atoms with Gasteiger partial charge >= 0.3 is 0 Å². The van der Waals surface area contributed by atoms with E-state index in [9.17, 15) is 0 Å². The first-order valence-electron chi connectivity index (χ1n) is 5.82. The molecule has 0 aromatic heterocycles. The summed E-state index contributed by atoms with van der Waals surface area (Å²) in [5.41, 5.74) is 5.41. The fourth-order valence-corrected chi connectivity index (χ4v) is 2.62. The summed E-state index contributed by atoms with van der Waals surface area (Å²) in [5, 5.41) is 11.8. The van der Waals surface area contributed by atoms with Crippen molar-refractivity contribution in [3.05, 3.63) is 28.7 Å². The third kappa shape index (κ3) is 4.90. The quantitative estimate of drug-likeness (QED) is 0.206. The van der Waals surface area contributed by atoms with Crippen molar-refractivity contribution in [2.45, 2.75) is 31.6 Å². The van der Waals surface area contributed by atoms with Crippen molar-refractivity contribution in [2.75, 3.05) is 5.75 Å². The summed E-state index contributed by atoms with van der Waals surface area (Å²) < 4.78 is 1.10. The fraction of sp³-hybridized carbons (Fsp3) is 0.462. The molecule has 3 nitrogen and oxygen atoms in total. The van der Waals surface area contributed by atoms with Crippen LogP contribution in [0.4, 0.5) is 0 Å². The SMILES string of the molecule is CC(C)(CCCSc1ccc(Br)cc1)C(N)=NO. The molecule has 0 amide bonds. The Hall–Kier alpha value is -0.680. The molecule has 5 heteroatoms. The Labute approximate surface area is 121 Å². The Bertz CT molecular complexity index is 404. The summed E-state index contributed by atoms with van der Waals surface area (Å²) in [5.74, 6) is 1.33. The van der Waals surface area contributed by atoms with Crippen LogP contribution in [0, 0.1) is 5.41 Å². The van der Waals surface area contributed by atoms with E-state index in [1.807, 2.05) is 37.7 Å². The predicted molar refractivity (Wildman–Crippen MR) is 81.3 cm³/mol. The molecule has 1 aromatic carbocycles. The van der Waals surface area contributed by atoms with E-state index in [0.29, 0.717) is 5.84 Å². The summed E-state index contributed by atoms with van der Waals surface area (Å²) in [6, 6.07) is 8.29. The van der Waals surface area contributed by atoms with Crippen LogP contribution in [0.3, 0.4) is 0 Å². The van der Waals surface area contributed by atoms with E-state index in [4.69, 9.17) is 10.9 Å². The minimum absolute atomic E-state index is 0.241. The molecule has 0 saturated carbocycles. The lowest BCUT2D eigenvalue weighted by molar-refractivity contribution is 0.305. The highest BCUT2D eigenvalue weighted by atomic mass is 79.9. The number of hydrogen-bond donors (Lipinski definition) is 2. The lowest BCUT2D eigenvalue weighted by Gasteiger charge is -2.22. The molecule has 0 spiro atoms. The summed E-state index contributed by atoms with van der Waals surface area (Å²) in [6.45, 7) is 3.98. The molecular formula is C13H19BrN2OS. The largest absolute Gasteiger partial charge is 0.409 e. The molecular weight excluding hydrogens is 312 g/mol. The average molecular weight is 331 g/mol. The second-order valence-corrected chi connectivity index (χ2v) is 6.86. The zero-order valence-corrected chi connectivity index (χ0v) is 13.1. The van der Waals surface area contributed by atoms with E-state index in [0.717, 1.165) is 23.1 Å². The Morgan fingerprint density at radius 3 is 2.56 bits per heavy atom. The molecule has 0 atom stereocenters. The zero-order chi connectivity index (χ0) is 13.6. The van der Waals surface area contributed by atoms with Gasteiger partial charge in [-0.1, -0.05) is 34.9 Å². The van der Waals surface area contributed by atoms with Gasteiger partial charge in [0.15, 0.2) is 0 Å². The maximum atomic E-state index is 8.68. The van der Waals surface area contributed by atoms with Gasteiger partial charge in [0.2, 0.25) is 0 Å². The highest BCUT2D eigenvalue weighted by Crippen LogP contribution is 2.26. The van der Waals surface area contributed by atoms with Crippen molar-refractivity contribution in [3.8, 4) is 0 Å². The van der Waals surface area contributed by atoms with Crippen molar-refractivity contribution in [1.82, 2.24) is 0 Å². The predicted octanol–water partition coefficient (Wildman–Crippen LogP) is 4.09. The Morgan fingerprint density at radius 1 is 1.39 bits per heavy atom. The van der Waals surface area contributed by atoms with Gasteiger partial charge < -0.3 is 10.9 Å².